The maximum Gasteiger partial charge on any atom is 0.180 e. The van der Waals surface area contributed by atoms with Crippen molar-refractivity contribution < 1.29 is 8.42 Å². The summed E-state index contributed by atoms with van der Waals surface area (Å²) in [6.45, 7) is 2.36. The number of hydrogen-bond donors (Lipinski definition) is 2. The minimum atomic E-state index is -3.19. The number of aromatic nitrogens is 2. The summed E-state index contributed by atoms with van der Waals surface area (Å²) in [5.41, 5.74) is 0.675. The third kappa shape index (κ3) is 3.60. The smallest absolute Gasteiger partial charge is 0.180 e. The predicted molar refractivity (Wildman–Crippen MR) is 79.6 cm³/mol. The van der Waals surface area contributed by atoms with Crippen molar-refractivity contribution in [2.75, 3.05) is 17.6 Å². The van der Waals surface area contributed by atoms with Gasteiger partial charge in [-0.2, -0.15) is 0 Å². The normalized spacial score (nSPS) is 11.4. The Morgan fingerprint density at radius 3 is 2.80 bits per heavy atom. The first-order valence-electron chi connectivity index (χ1n) is 6.67. The minimum Gasteiger partial charge on any atom is -0.384 e. The minimum absolute atomic E-state index is 0.109. The Hall–Kier alpha value is -1.82. The van der Waals surface area contributed by atoms with Crippen LogP contribution in [0.15, 0.2) is 41.6 Å². The predicted octanol–water partition coefficient (Wildman–Crippen LogP) is 2.25. The van der Waals surface area contributed by atoms with Gasteiger partial charge in [-0.15, -0.1) is 0 Å². The second-order valence-electron chi connectivity index (χ2n) is 4.47. The van der Waals surface area contributed by atoms with Gasteiger partial charge in [-0.05, 0) is 18.6 Å². The lowest BCUT2D eigenvalue weighted by Gasteiger charge is -2.11. The molecular weight excluding hydrogens is 274 g/mol. The van der Waals surface area contributed by atoms with E-state index < -0.39 is 9.84 Å². The topological polar surface area (TPSA) is 74.8 Å². The summed E-state index contributed by atoms with van der Waals surface area (Å²) in [6.07, 6.45) is 5.24. The number of nitrogens with one attached hydrogen (secondary N) is 2. The fourth-order valence-electron chi connectivity index (χ4n) is 1.95. The summed E-state index contributed by atoms with van der Waals surface area (Å²) in [4.78, 5) is 7.57. The first-order chi connectivity index (χ1) is 9.63. The highest BCUT2D eigenvalue weighted by Crippen LogP contribution is 2.21. The molecule has 6 heteroatoms. The number of para-hydroxylation sites is 1. The van der Waals surface area contributed by atoms with Crippen molar-refractivity contribution in [2.24, 2.45) is 0 Å². The van der Waals surface area contributed by atoms with Crippen molar-refractivity contribution in [3.8, 4) is 0 Å². The number of nitrogens with zero attached hydrogens (tertiary/aromatic N) is 1. The number of aryl methyl sites for hydroxylation is 1. The maximum absolute atomic E-state index is 12.0. The van der Waals surface area contributed by atoms with Crippen molar-refractivity contribution in [3.05, 3.63) is 42.5 Å². The molecule has 1 aromatic heterocycles. The summed E-state index contributed by atoms with van der Waals surface area (Å²) < 4.78 is 24.0. The zero-order valence-corrected chi connectivity index (χ0v) is 12.3. The Bertz CT molecular complexity index is 636. The van der Waals surface area contributed by atoms with E-state index in [0.717, 1.165) is 18.7 Å². The van der Waals surface area contributed by atoms with E-state index in [-0.39, 0.29) is 5.75 Å². The van der Waals surface area contributed by atoms with Gasteiger partial charge in [0.15, 0.2) is 9.84 Å². The highest BCUT2D eigenvalue weighted by molar-refractivity contribution is 7.91. The molecule has 0 saturated heterocycles. The summed E-state index contributed by atoms with van der Waals surface area (Å²) in [6, 6.07) is 7.03. The molecule has 0 atom stereocenters. The molecule has 0 spiro atoms. The van der Waals surface area contributed by atoms with Gasteiger partial charge in [-0.3, -0.25) is 0 Å². The van der Waals surface area contributed by atoms with E-state index in [2.05, 4.69) is 15.3 Å². The van der Waals surface area contributed by atoms with Crippen LogP contribution in [0.4, 0.5) is 5.69 Å². The van der Waals surface area contributed by atoms with Crippen molar-refractivity contribution >= 4 is 15.5 Å². The van der Waals surface area contributed by atoms with E-state index in [0.29, 0.717) is 17.1 Å². The highest BCUT2D eigenvalue weighted by atomic mass is 32.2. The number of rotatable bonds is 7. The standard InChI is InChI=1S/C14H19N3O2S/c1-2-20(18,19)13-7-4-3-6-12(13)15-9-5-8-14-16-10-11-17-14/h3-4,6-7,10-11,15H,2,5,8-9H2,1H3,(H,16,17). The molecule has 0 radical (unpaired) electrons. The van der Waals surface area contributed by atoms with Crippen molar-refractivity contribution in [1.29, 1.82) is 0 Å². The lowest BCUT2D eigenvalue weighted by Crippen LogP contribution is -2.10. The van der Waals surface area contributed by atoms with Crippen LogP contribution in [-0.2, 0) is 16.3 Å². The molecule has 2 N–H and O–H groups in total. The van der Waals surface area contributed by atoms with E-state index in [1.165, 1.54) is 0 Å². The molecular formula is C14H19N3O2S. The summed E-state index contributed by atoms with van der Waals surface area (Å²) >= 11 is 0. The van der Waals surface area contributed by atoms with Gasteiger partial charge in [0, 0.05) is 25.4 Å². The SMILES string of the molecule is CCS(=O)(=O)c1ccccc1NCCCc1ncc[nH]1. The van der Waals surface area contributed by atoms with Crippen LogP contribution in [0.1, 0.15) is 19.2 Å². The number of hydrogen-bond acceptors (Lipinski definition) is 4. The number of aromatic amines is 1. The second-order valence-corrected chi connectivity index (χ2v) is 6.71. The molecule has 0 amide bonds. The second kappa shape index (κ2) is 6.56. The van der Waals surface area contributed by atoms with Gasteiger partial charge in [0.1, 0.15) is 5.82 Å². The number of benzene rings is 1. The van der Waals surface area contributed by atoms with Crippen LogP contribution in [0.3, 0.4) is 0 Å². The van der Waals surface area contributed by atoms with E-state index in [9.17, 15) is 8.42 Å². The molecule has 0 aliphatic carbocycles. The van der Waals surface area contributed by atoms with Crippen molar-refractivity contribution in [1.82, 2.24) is 9.97 Å². The van der Waals surface area contributed by atoms with E-state index in [4.69, 9.17) is 0 Å². The molecule has 20 heavy (non-hydrogen) atoms. The van der Waals surface area contributed by atoms with Gasteiger partial charge in [0.25, 0.3) is 0 Å². The Kier molecular flexibility index (Phi) is 4.79. The van der Waals surface area contributed by atoms with E-state index >= 15 is 0 Å². The maximum atomic E-state index is 12.0. The third-order valence-corrected chi connectivity index (χ3v) is 4.85. The first kappa shape index (κ1) is 14.6. The quantitative estimate of drug-likeness (QED) is 0.768. The average molecular weight is 293 g/mol. The molecule has 1 aromatic carbocycles. The molecule has 108 valence electrons. The van der Waals surface area contributed by atoms with Gasteiger partial charge in [0.05, 0.1) is 16.3 Å². The fourth-order valence-corrected chi connectivity index (χ4v) is 3.03. The summed E-state index contributed by atoms with van der Waals surface area (Å²) in [7, 11) is -3.19. The lowest BCUT2D eigenvalue weighted by atomic mass is 10.2. The van der Waals surface area contributed by atoms with Crippen LogP contribution in [0.2, 0.25) is 0 Å². The first-order valence-corrected chi connectivity index (χ1v) is 8.32. The monoisotopic (exact) mass is 293 g/mol. The Morgan fingerprint density at radius 1 is 1.30 bits per heavy atom. The Balaban J connectivity index is 1.96. The molecule has 0 aliphatic rings. The van der Waals surface area contributed by atoms with E-state index in [1.807, 2.05) is 6.07 Å². The van der Waals surface area contributed by atoms with Gasteiger partial charge < -0.3 is 10.3 Å². The Morgan fingerprint density at radius 2 is 2.10 bits per heavy atom. The van der Waals surface area contributed by atoms with Crippen LogP contribution >= 0.6 is 0 Å². The van der Waals surface area contributed by atoms with Gasteiger partial charge in [0.2, 0.25) is 0 Å². The number of H-pyrrole nitrogens is 1. The highest BCUT2D eigenvalue weighted by Gasteiger charge is 2.15. The van der Waals surface area contributed by atoms with Crippen LogP contribution in [-0.4, -0.2) is 30.7 Å². The van der Waals surface area contributed by atoms with Crippen LogP contribution in [0.5, 0.6) is 0 Å². The van der Waals surface area contributed by atoms with Crippen LogP contribution in [0.25, 0.3) is 0 Å². The van der Waals surface area contributed by atoms with Gasteiger partial charge in [-0.25, -0.2) is 13.4 Å². The fraction of sp³-hybridized carbons (Fsp3) is 0.357. The molecule has 0 saturated carbocycles. The number of imidazole rings is 1. The zero-order valence-electron chi connectivity index (χ0n) is 11.5. The molecule has 2 aromatic rings. The van der Waals surface area contributed by atoms with E-state index in [1.54, 1.807) is 37.5 Å². The van der Waals surface area contributed by atoms with Gasteiger partial charge in [-0.1, -0.05) is 19.1 Å². The van der Waals surface area contributed by atoms with Gasteiger partial charge >= 0.3 is 0 Å². The molecule has 0 bridgehead atoms. The molecule has 0 unspecified atom stereocenters. The lowest BCUT2D eigenvalue weighted by molar-refractivity contribution is 0.597. The van der Waals surface area contributed by atoms with Crippen molar-refractivity contribution in [2.45, 2.75) is 24.7 Å². The summed E-state index contributed by atoms with van der Waals surface area (Å²) in [5, 5.41) is 3.20. The van der Waals surface area contributed by atoms with Crippen molar-refractivity contribution in [3.63, 3.8) is 0 Å². The third-order valence-electron chi connectivity index (χ3n) is 3.06. The zero-order chi connectivity index (χ0) is 14.4. The average Bonchev–Trinajstić information content (AvgIpc) is 2.97. The van der Waals surface area contributed by atoms with Crippen LogP contribution in [0, 0.1) is 0 Å². The molecule has 1 heterocycles. The number of anilines is 1. The number of sulfone groups is 1. The Labute approximate surface area is 119 Å². The molecule has 2 rings (SSSR count). The van der Waals surface area contributed by atoms with Crippen LogP contribution < -0.4 is 5.32 Å². The summed E-state index contributed by atoms with van der Waals surface area (Å²) in [5.74, 6) is 1.05. The molecule has 0 fully saturated rings. The molecule has 0 aliphatic heterocycles. The molecule has 5 nitrogen and oxygen atoms in total. The largest absolute Gasteiger partial charge is 0.384 e.